The van der Waals surface area contributed by atoms with Crippen LogP contribution in [-0.4, -0.2) is 15.9 Å². The predicted octanol–water partition coefficient (Wildman–Crippen LogP) is 5.40. The van der Waals surface area contributed by atoms with E-state index in [1.54, 1.807) is 36.5 Å². The minimum atomic E-state index is -0.297. The molecule has 4 aromatic rings. The van der Waals surface area contributed by atoms with E-state index in [-0.39, 0.29) is 11.7 Å². The summed E-state index contributed by atoms with van der Waals surface area (Å²) in [6.07, 6.45) is 1.71. The SMILES string of the molecule is O=C(Nc1nc(-c2ccc(F)cc2)cs1)c1cccc(Nc2nccs2)c1. The molecule has 0 atom stereocenters. The monoisotopic (exact) mass is 396 g/mol. The van der Waals surface area contributed by atoms with E-state index in [0.29, 0.717) is 16.4 Å². The van der Waals surface area contributed by atoms with Crippen LogP contribution in [0.3, 0.4) is 0 Å². The van der Waals surface area contributed by atoms with Crippen LogP contribution in [-0.2, 0) is 0 Å². The largest absolute Gasteiger partial charge is 0.332 e. The summed E-state index contributed by atoms with van der Waals surface area (Å²) in [5, 5.41) is 10.9. The van der Waals surface area contributed by atoms with Gasteiger partial charge in [-0.2, -0.15) is 0 Å². The Labute approximate surface area is 162 Å². The number of halogens is 1. The molecule has 2 N–H and O–H groups in total. The zero-order valence-corrected chi connectivity index (χ0v) is 15.5. The quantitative estimate of drug-likeness (QED) is 0.474. The summed E-state index contributed by atoms with van der Waals surface area (Å²) in [4.78, 5) is 21.1. The van der Waals surface area contributed by atoms with E-state index in [1.807, 2.05) is 16.8 Å². The van der Waals surface area contributed by atoms with Crippen LogP contribution in [0.15, 0.2) is 65.5 Å². The first-order chi connectivity index (χ1) is 13.2. The molecule has 0 aliphatic carbocycles. The van der Waals surface area contributed by atoms with Gasteiger partial charge in [0.2, 0.25) is 0 Å². The number of rotatable bonds is 5. The molecule has 0 bridgehead atoms. The van der Waals surface area contributed by atoms with Crippen molar-refractivity contribution in [3.05, 3.63) is 76.9 Å². The molecule has 0 aliphatic rings. The number of amides is 1. The fraction of sp³-hybridized carbons (Fsp3) is 0. The average Bonchev–Trinajstić information content (AvgIpc) is 3.35. The van der Waals surface area contributed by atoms with E-state index >= 15 is 0 Å². The third-order valence-corrected chi connectivity index (χ3v) is 5.12. The van der Waals surface area contributed by atoms with Crippen LogP contribution in [0.5, 0.6) is 0 Å². The van der Waals surface area contributed by atoms with Crippen LogP contribution in [0.25, 0.3) is 11.3 Å². The van der Waals surface area contributed by atoms with Crippen molar-refractivity contribution in [2.45, 2.75) is 0 Å². The molecule has 0 saturated heterocycles. The van der Waals surface area contributed by atoms with Gasteiger partial charge in [-0.05, 0) is 42.5 Å². The fourth-order valence-corrected chi connectivity index (χ4v) is 3.66. The molecule has 8 heteroatoms. The van der Waals surface area contributed by atoms with E-state index in [9.17, 15) is 9.18 Å². The highest BCUT2D eigenvalue weighted by molar-refractivity contribution is 7.14. The van der Waals surface area contributed by atoms with Gasteiger partial charge in [0.1, 0.15) is 5.82 Å². The molecule has 0 radical (unpaired) electrons. The lowest BCUT2D eigenvalue weighted by Crippen LogP contribution is -2.11. The number of carbonyl (C=O) groups is 1. The number of thiazole rings is 2. The van der Waals surface area contributed by atoms with Crippen molar-refractivity contribution < 1.29 is 9.18 Å². The highest BCUT2D eigenvalue weighted by Crippen LogP contribution is 2.26. The Bertz CT molecular complexity index is 1060. The topological polar surface area (TPSA) is 66.9 Å². The van der Waals surface area contributed by atoms with Crippen molar-refractivity contribution in [3.8, 4) is 11.3 Å². The van der Waals surface area contributed by atoms with Gasteiger partial charge in [0.25, 0.3) is 5.91 Å². The fourth-order valence-electron chi connectivity index (χ4n) is 2.40. The lowest BCUT2D eigenvalue weighted by Gasteiger charge is -2.06. The lowest BCUT2D eigenvalue weighted by molar-refractivity contribution is 0.102. The summed E-state index contributed by atoms with van der Waals surface area (Å²) in [5.41, 5.74) is 2.77. The first kappa shape index (κ1) is 17.3. The van der Waals surface area contributed by atoms with Gasteiger partial charge in [-0.1, -0.05) is 6.07 Å². The second-order valence-electron chi connectivity index (χ2n) is 5.54. The maximum Gasteiger partial charge on any atom is 0.257 e. The summed E-state index contributed by atoms with van der Waals surface area (Å²) in [6.45, 7) is 0. The van der Waals surface area contributed by atoms with Crippen LogP contribution in [0.4, 0.5) is 20.3 Å². The highest BCUT2D eigenvalue weighted by atomic mass is 32.1. The molecule has 4 rings (SSSR count). The molecule has 0 aliphatic heterocycles. The maximum atomic E-state index is 13.0. The van der Waals surface area contributed by atoms with Crippen molar-refractivity contribution >= 4 is 44.5 Å². The molecule has 27 heavy (non-hydrogen) atoms. The highest BCUT2D eigenvalue weighted by Gasteiger charge is 2.11. The Morgan fingerprint density at radius 1 is 1.04 bits per heavy atom. The first-order valence-electron chi connectivity index (χ1n) is 7.97. The van der Waals surface area contributed by atoms with Gasteiger partial charge in [0.15, 0.2) is 10.3 Å². The minimum Gasteiger partial charge on any atom is -0.332 e. The Kier molecular flexibility index (Phi) is 4.91. The van der Waals surface area contributed by atoms with Crippen molar-refractivity contribution in [3.63, 3.8) is 0 Å². The van der Waals surface area contributed by atoms with Gasteiger partial charge in [0.05, 0.1) is 5.69 Å². The summed E-state index contributed by atoms with van der Waals surface area (Å²) in [5.74, 6) is -0.549. The molecule has 2 heterocycles. The number of benzene rings is 2. The van der Waals surface area contributed by atoms with Crippen molar-refractivity contribution in [1.82, 2.24) is 9.97 Å². The number of nitrogens with zero attached hydrogens (tertiary/aromatic N) is 2. The molecule has 0 spiro atoms. The van der Waals surface area contributed by atoms with E-state index in [2.05, 4.69) is 20.6 Å². The molecule has 1 amide bonds. The van der Waals surface area contributed by atoms with Crippen LogP contribution < -0.4 is 10.6 Å². The second kappa shape index (κ2) is 7.65. The number of hydrogen-bond acceptors (Lipinski definition) is 6. The van der Waals surface area contributed by atoms with E-state index < -0.39 is 0 Å². The second-order valence-corrected chi connectivity index (χ2v) is 7.29. The maximum absolute atomic E-state index is 13.0. The molecule has 0 fully saturated rings. The summed E-state index contributed by atoms with van der Waals surface area (Å²) >= 11 is 2.80. The molecule has 5 nitrogen and oxygen atoms in total. The summed E-state index contributed by atoms with van der Waals surface area (Å²) < 4.78 is 13.0. The van der Waals surface area contributed by atoms with Crippen LogP contribution in [0.1, 0.15) is 10.4 Å². The van der Waals surface area contributed by atoms with E-state index in [4.69, 9.17) is 0 Å². The Hall–Kier alpha value is -3.10. The van der Waals surface area contributed by atoms with Gasteiger partial charge in [-0.25, -0.2) is 14.4 Å². The number of anilines is 3. The normalized spacial score (nSPS) is 10.6. The van der Waals surface area contributed by atoms with Crippen LogP contribution in [0.2, 0.25) is 0 Å². The standard InChI is InChI=1S/C19H13FN4OS2/c20-14-6-4-12(5-7-14)16-11-27-19(23-16)24-17(25)13-2-1-3-15(10-13)22-18-21-8-9-26-18/h1-11H,(H,21,22)(H,23,24,25). The smallest absolute Gasteiger partial charge is 0.257 e. The zero-order chi connectivity index (χ0) is 18.6. The minimum absolute atomic E-state index is 0.252. The van der Waals surface area contributed by atoms with Gasteiger partial charge in [-0.3, -0.25) is 10.1 Å². The third-order valence-electron chi connectivity index (χ3n) is 3.67. The molecular weight excluding hydrogens is 383 g/mol. The van der Waals surface area contributed by atoms with E-state index in [1.165, 1.54) is 34.8 Å². The molecular formula is C19H13FN4OS2. The Morgan fingerprint density at radius 2 is 1.89 bits per heavy atom. The van der Waals surface area contributed by atoms with Crippen molar-refractivity contribution in [2.75, 3.05) is 10.6 Å². The number of carbonyl (C=O) groups excluding carboxylic acids is 1. The Balaban J connectivity index is 1.47. The van der Waals surface area contributed by atoms with Crippen LogP contribution >= 0.6 is 22.7 Å². The lowest BCUT2D eigenvalue weighted by atomic mass is 10.2. The van der Waals surface area contributed by atoms with Crippen molar-refractivity contribution in [1.29, 1.82) is 0 Å². The molecule has 0 unspecified atom stereocenters. The third kappa shape index (κ3) is 4.18. The molecule has 2 aromatic heterocycles. The van der Waals surface area contributed by atoms with Crippen LogP contribution in [0, 0.1) is 5.82 Å². The predicted molar refractivity (Wildman–Crippen MR) is 107 cm³/mol. The van der Waals surface area contributed by atoms with Gasteiger partial charge >= 0.3 is 0 Å². The first-order valence-corrected chi connectivity index (χ1v) is 9.73. The molecule has 0 saturated carbocycles. The van der Waals surface area contributed by atoms with E-state index in [0.717, 1.165) is 16.4 Å². The van der Waals surface area contributed by atoms with Gasteiger partial charge < -0.3 is 5.32 Å². The number of aromatic nitrogens is 2. The van der Waals surface area contributed by atoms with Gasteiger partial charge in [-0.15, -0.1) is 22.7 Å². The Morgan fingerprint density at radius 3 is 2.67 bits per heavy atom. The molecule has 2 aromatic carbocycles. The average molecular weight is 396 g/mol. The summed E-state index contributed by atoms with van der Waals surface area (Å²) in [7, 11) is 0. The van der Waals surface area contributed by atoms with Crippen molar-refractivity contribution in [2.24, 2.45) is 0 Å². The summed E-state index contributed by atoms with van der Waals surface area (Å²) in [6, 6.07) is 13.2. The number of nitrogens with one attached hydrogen (secondary N) is 2. The van der Waals surface area contributed by atoms with Gasteiger partial charge in [0, 0.05) is 33.8 Å². The molecule has 134 valence electrons. The number of hydrogen-bond donors (Lipinski definition) is 2. The zero-order valence-electron chi connectivity index (χ0n) is 13.8.